The molecule has 1 aliphatic heterocycles. The Hall–Kier alpha value is -1.99. The first-order valence-corrected chi connectivity index (χ1v) is 8.12. The third-order valence-electron chi connectivity index (χ3n) is 3.59. The number of ether oxygens (including phenoxy) is 1. The molecule has 1 atom stereocenters. The van der Waals surface area contributed by atoms with Crippen molar-refractivity contribution in [1.29, 1.82) is 0 Å². The molecule has 1 saturated heterocycles. The van der Waals surface area contributed by atoms with Crippen molar-refractivity contribution in [2.24, 2.45) is 0 Å². The molecular weight excluding hydrogens is 300 g/mol. The molecule has 0 unspecified atom stereocenters. The van der Waals surface area contributed by atoms with Gasteiger partial charge in [0.1, 0.15) is 0 Å². The molecule has 3 heterocycles. The lowest BCUT2D eigenvalue weighted by molar-refractivity contribution is 0.0506. The molecule has 0 radical (unpaired) electrons. The first-order chi connectivity index (χ1) is 10.7. The number of carbonyl (C=O) groups excluding carboxylic acids is 1. The number of anilines is 1. The van der Waals surface area contributed by atoms with E-state index in [-0.39, 0.29) is 23.5 Å². The van der Waals surface area contributed by atoms with Crippen LogP contribution in [0.15, 0.2) is 29.9 Å². The van der Waals surface area contributed by atoms with Gasteiger partial charge in [0.05, 0.1) is 12.6 Å². The molecule has 2 N–H and O–H groups in total. The number of carbonyl (C=O) groups is 1. The third-order valence-corrected chi connectivity index (χ3v) is 4.45. The number of nitrogens with zero attached hydrogens (tertiary/aromatic N) is 3. The van der Waals surface area contributed by atoms with Crippen LogP contribution in [0.3, 0.4) is 0 Å². The highest BCUT2D eigenvalue weighted by Gasteiger charge is 2.26. The van der Waals surface area contributed by atoms with Crippen molar-refractivity contribution in [2.45, 2.75) is 25.5 Å². The van der Waals surface area contributed by atoms with E-state index in [4.69, 9.17) is 10.5 Å². The SMILES string of the molecule is Nc1nccnc1C(=O)N(Cc1cccs1)C[C@@H]1CCCO1. The molecule has 3 rings (SSSR count). The van der Waals surface area contributed by atoms with Gasteiger partial charge in [-0.15, -0.1) is 11.3 Å². The molecule has 1 amide bonds. The average Bonchev–Trinajstić information content (AvgIpc) is 3.20. The third kappa shape index (κ3) is 3.42. The van der Waals surface area contributed by atoms with Crippen LogP contribution in [-0.4, -0.2) is 40.0 Å². The number of hydrogen-bond acceptors (Lipinski definition) is 6. The molecule has 6 nitrogen and oxygen atoms in total. The summed E-state index contributed by atoms with van der Waals surface area (Å²) in [7, 11) is 0. The normalized spacial score (nSPS) is 17.5. The van der Waals surface area contributed by atoms with Crippen molar-refractivity contribution in [3.05, 3.63) is 40.5 Å². The predicted molar refractivity (Wildman–Crippen MR) is 84.5 cm³/mol. The Labute approximate surface area is 132 Å². The van der Waals surface area contributed by atoms with E-state index in [1.165, 1.54) is 12.4 Å². The molecule has 2 aromatic rings. The molecule has 2 aromatic heterocycles. The minimum Gasteiger partial charge on any atom is -0.382 e. The highest BCUT2D eigenvalue weighted by Crippen LogP contribution is 2.19. The lowest BCUT2D eigenvalue weighted by atomic mass is 10.2. The van der Waals surface area contributed by atoms with Crippen molar-refractivity contribution in [2.75, 3.05) is 18.9 Å². The highest BCUT2D eigenvalue weighted by molar-refractivity contribution is 7.09. The highest BCUT2D eigenvalue weighted by atomic mass is 32.1. The standard InChI is InChI=1S/C15H18N4O2S/c16-14-13(17-5-6-18-14)15(20)19(9-11-3-1-7-21-11)10-12-4-2-8-22-12/h2,4-6,8,11H,1,3,7,9-10H2,(H2,16,18)/t11-/m0/s1. The van der Waals surface area contributed by atoms with Crippen LogP contribution in [0.2, 0.25) is 0 Å². The maximum Gasteiger partial charge on any atom is 0.276 e. The van der Waals surface area contributed by atoms with Crippen molar-refractivity contribution < 1.29 is 9.53 Å². The first-order valence-electron chi connectivity index (χ1n) is 7.24. The van der Waals surface area contributed by atoms with Crippen molar-refractivity contribution in [3.8, 4) is 0 Å². The fraction of sp³-hybridized carbons (Fsp3) is 0.400. The van der Waals surface area contributed by atoms with Gasteiger partial charge in [0.15, 0.2) is 11.5 Å². The molecule has 0 aliphatic carbocycles. The second-order valence-electron chi connectivity index (χ2n) is 5.19. The zero-order chi connectivity index (χ0) is 15.4. The van der Waals surface area contributed by atoms with Gasteiger partial charge in [0.25, 0.3) is 5.91 Å². The van der Waals surface area contributed by atoms with Gasteiger partial charge in [-0.2, -0.15) is 0 Å². The number of aromatic nitrogens is 2. The van der Waals surface area contributed by atoms with Gasteiger partial charge in [0.2, 0.25) is 0 Å². The van der Waals surface area contributed by atoms with Crippen LogP contribution in [0.1, 0.15) is 28.2 Å². The first kappa shape index (κ1) is 14.9. The minimum atomic E-state index is -0.200. The summed E-state index contributed by atoms with van der Waals surface area (Å²) in [6.45, 7) is 1.85. The molecule has 22 heavy (non-hydrogen) atoms. The van der Waals surface area contributed by atoms with Crippen molar-refractivity contribution >= 4 is 23.1 Å². The minimum absolute atomic E-state index is 0.0850. The van der Waals surface area contributed by atoms with Crippen LogP contribution in [0.4, 0.5) is 5.82 Å². The fourth-order valence-corrected chi connectivity index (χ4v) is 3.23. The maximum absolute atomic E-state index is 12.8. The summed E-state index contributed by atoms with van der Waals surface area (Å²) in [4.78, 5) is 23.7. The van der Waals surface area contributed by atoms with Crippen LogP contribution in [0, 0.1) is 0 Å². The van der Waals surface area contributed by atoms with Gasteiger partial charge in [-0.05, 0) is 24.3 Å². The number of rotatable bonds is 5. The van der Waals surface area contributed by atoms with E-state index < -0.39 is 0 Å². The monoisotopic (exact) mass is 318 g/mol. The summed E-state index contributed by atoms with van der Waals surface area (Å²) in [5, 5.41) is 2.00. The Bertz CT molecular complexity index is 626. The largest absolute Gasteiger partial charge is 0.382 e. The second-order valence-corrected chi connectivity index (χ2v) is 6.22. The van der Waals surface area contributed by atoms with Gasteiger partial charge in [-0.3, -0.25) is 4.79 Å². The van der Waals surface area contributed by atoms with Gasteiger partial charge in [-0.1, -0.05) is 6.07 Å². The Morgan fingerprint density at radius 3 is 3.00 bits per heavy atom. The number of nitrogens with two attached hydrogens (primary N) is 1. The average molecular weight is 318 g/mol. The van der Waals surface area contributed by atoms with Crippen molar-refractivity contribution in [3.63, 3.8) is 0 Å². The molecule has 0 spiro atoms. The molecular formula is C15H18N4O2S. The van der Waals surface area contributed by atoms with Crippen LogP contribution in [0.5, 0.6) is 0 Å². The summed E-state index contributed by atoms with van der Waals surface area (Å²) in [6, 6.07) is 3.99. The number of thiophene rings is 1. The summed E-state index contributed by atoms with van der Waals surface area (Å²) < 4.78 is 5.66. The van der Waals surface area contributed by atoms with Gasteiger partial charge in [0, 0.05) is 30.4 Å². The Balaban J connectivity index is 1.80. The molecule has 7 heteroatoms. The Kier molecular flexibility index (Phi) is 4.65. The van der Waals surface area contributed by atoms with E-state index >= 15 is 0 Å². The number of nitrogen functional groups attached to an aromatic ring is 1. The number of hydrogen-bond donors (Lipinski definition) is 1. The summed E-state index contributed by atoms with van der Waals surface area (Å²) in [5.41, 5.74) is 6.00. The van der Waals surface area contributed by atoms with Crippen molar-refractivity contribution in [1.82, 2.24) is 14.9 Å². The van der Waals surface area contributed by atoms with Crippen LogP contribution in [-0.2, 0) is 11.3 Å². The smallest absolute Gasteiger partial charge is 0.276 e. The fourth-order valence-electron chi connectivity index (χ4n) is 2.51. The summed E-state index contributed by atoms with van der Waals surface area (Å²) in [5.74, 6) is -0.0366. The lowest BCUT2D eigenvalue weighted by Gasteiger charge is -2.25. The second kappa shape index (κ2) is 6.85. The van der Waals surface area contributed by atoms with E-state index in [2.05, 4.69) is 9.97 Å². The predicted octanol–water partition coefficient (Wildman–Crippen LogP) is 1.94. The van der Waals surface area contributed by atoms with E-state index in [9.17, 15) is 4.79 Å². The van der Waals surface area contributed by atoms with E-state index in [0.717, 1.165) is 24.3 Å². The Morgan fingerprint density at radius 2 is 2.32 bits per heavy atom. The van der Waals surface area contributed by atoms with E-state index in [1.807, 2.05) is 17.5 Å². The molecule has 0 aromatic carbocycles. The van der Waals surface area contributed by atoms with Gasteiger partial charge >= 0.3 is 0 Å². The van der Waals surface area contributed by atoms with E-state index in [0.29, 0.717) is 13.1 Å². The lowest BCUT2D eigenvalue weighted by Crippen LogP contribution is -2.37. The summed E-state index contributed by atoms with van der Waals surface area (Å²) >= 11 is 1.62. The van der Waals surface area contributed by atoms with Gasteiger partial charge < -0.3 is 15.4 Å². The van der Waals surface area contributed by atoms with Crippen LogP contribution in [0.25, 0.3) is 0 Å². The maximum atomic E-state index is 12.8. The molecule has 116 valence electrons. The molecule has 0 bridgehead atoms. The summed E-state index contributed by atoms with van der Waals surface area (Å²) in [6.07, 6.45) is 5.07. The Morgan fingerprint density at radius 1 is 1.45 bits per heavy atom. The number of amides is 1. The van der Waals surface area contributed by atoms with E-state index in [1.54, 1.807) is 16.2 Å². The molecule has 0 saturated carbocycles. The molecule has 1 aliphatic rings. The quantitative estimate of drug-likeness (QED) is 0.911. The molecule has 1 fully saturated rings. The zero-order valence-corrected chi connectivity index (χ0v) is 13.0. The van der Waals surface area contributed by atoms with Gasteiger partial charge in [-0.25, -0.2) is 9.97 Å². The topological polar surface area (TPSA) is 81.3 Å². The zero-order valence-electron chi connectivity index (χ0n) is 12.1. The van der Waals surface area contributed by atoms with Crippen LogP contribution < -0.4 is 5.73 Å². The van der Waals surface area contributed by atoms with Crippen LogP contribution >= 0.6 is 11.3 Å².